The van der Waals surface area contributed by atoms with Gasteiger partial charge in [-0.2, -0.15) is 8.78 Å². The SMILES string of the molecule is COc1ccc(C(F)(F)C(N)C(=O)O)cc1. The molecule has 1 unspecified atom stereocenters. The number of halogens is 2. The number of benzene rings is 1. The number of hydrogen-bond donors (Lipinski definition) is 2. The van der Waals surface area contributed by atoms with E-state index in [4.69, 9.17) is 15.6 Å². The summed E-state index contributed by atoms with van der Waals surface area (Å²) in [6.45, 7) is 0. The second-order valence-corrected chi connectivity index (χ2v) is 3.17. The Hall–Kier alpha value is -1.69. The predicted molar refractivity (Wildman–Crippen MR) is 52.5 cm³/mol. The summed E-state index contributed by atoms with van der Waals surface area (Å²) in [5.41, 5.74) is 4.46. The molecule has 16 heavy (non-hydrogen) atoms. The van der Waals surface area contributed by atoms with E-state index in [0.29, 0.717) is 5.75 Å². The van der Waals surface area contributed by atoms with Gasteiger partial charge in [0.2, 0.25) is 0 Å². The van der Waals surface area contributed by atoms with E-state index in [0.717, 1.165) is 12.1 Å². The molecule has 0 bridgehead atoms. The maximum atomic E-state index is 13.5. The van der Waals surface area contributed by atoms with Gasteiger partial charge in [0.15, 0.2) is 6.04 Å². The molecule has 6 heteroatoms. The van der Waals surface area contributed by atoms with Crippen LogP contribution in [0.3, 0.4) is 0 Å². The molecule has 1 aromatic rings. The normalized spacial score (nSPS) is 13.2. The Bertz CT molecular complexity index is 378. The van der Waals surface area contributed by atoms with Gasteiger partial charge in [0.25, 0.3) is 5.92 Å². The molecule has 0 amide bonds. The lowest BCUT2D eigenvalue weighted by Crippen LogP contribution is -2.45. The van der Waals surface area contributed by atoms with Crippen molar-refractivity contribution in [3.63, 3.8) is 0 Å². The van der Waals surface area contributed by atoms with Crippen LogP contribution in [0.15, 0.2) is 24.3 Å². The summed E-state index contributed by atoms with van der Waals surface area (Å²) in [7, 11) is 1.40. The highest BCUT2D eigenvalue weighted by Crippen LogP contribution is 2.31. The van der Waals surface area contributed by atoms with E-state index in [2.05, 4.69) is 0 Å². The molecule has 0 spiro atoms. The van der Waals surface area contributed by atoms with E-state index < -0.39 is 23.5 Å². The first-order valence-electron chi connectivity index (χ1n) is 4.40. The molecule has 1 rings (SSSR count). The second-order valence-electron chi connectivity index (χ2n) is 3.17. The molecular weight excluding hydrogens is 220 g/mol. The largest absolute Gasteiger partial charge is 0.497 e. The maximum absolute atomic E-state index is 13.5. The van der Waals surface area contributed by atoms with Crippen LogP contribution in [0.1, 0.15) is 5.56 Å². The number of hydrogen-bond acceptors (Lipinski definition) is 3. The quantitative estimate of drug-likeness (QED) is 0.816. The highest BCUT2D eigenvalue weighted by molar-refractivity contribution is 5.74. The molecule has 0 fully saturated rings. The van der Waals surface area contributed by atoms with E-state index in [1.54, 1.807) is 0 Å². The lowest BCUT2D eigenvalue weighted by Gasteiger charge is -2.20. The van der Waals surface area contributed by atoms with Gasteiger partial charge < -0.3 is 15.6 Å². The number of nitrogens with two attached hydrogens (primary N) is 1. The van der Waals surface area contributed by atoms with Crippen molar-refractivity contribution in [2.75, 3.05) is 7.11 Å². The number of rotatable bonds is 4. The van der Waals surface area contributed by atoms with Crippen LogP contribution >= 0.6 is 0 Å². The smallest absolute Gasteiger partial charge is 0.327 e. The minimum absolute atomic E-state index is 0.406. The molecule has 88 valence electrons. The monoisotopic (exact) mass is 231 g/mol. The number of methoxy groups -OCH3 is 1. The number of alkyl halides is 2. The maximum Gasteiger partial charge on any atom is 0.327 e. The molecular formula is C10H11F2NO3. The van der Waals surface area contributed by atoms with Crippen LogP contribution in [0.5, 0.6) is 5.75 Å². The van der Waals surface area contributed by atoms with Gasteiger partial charge in [-0.25, -0.2) is 0 Å². The highest BCUT2D eigenvalue weighted by atomic mass is 19.3. The van der Waals surface area contributed by atoms with Gasteiger partial charge in [-0.3, -0.25) is 4.79 Å². The lowest BCUT2D eigenvalue weighted by atomic mass is 10.0. The topological polar surface area (TPSA) is 72.5 Å². The van der Waals surface area contributed by atoms with Crippen LogP contribution < -0.4 is 10.5 Å². The fraction of sp³-hybridized carbons (Fsp3) is 0.300. The van der Waals surface area contributed by atoms with E-state index in [1.165, 1.54) is 19.2 Å². The minimum atomic E-state index is -3.61. The van der Waals surface area contributed by atoms with Crippen molar-refractivity contribution in [2.24, 2.45) is 5.73 Å². The van der Waals surface area contributed by atoms with Crippen molar-refractivity contribution in [3.8, 4) is 5.75 Å². The zero-order valence-electron chi connectivity index (χ0n) is 8.48. The molecule has 0 aromatic heterocycles. The van der Waals surface area contributed by atoms with Gasteiger partial charge in [-0.1, -0.05) is 0 Å². The Morgan fingerprint density at radius 1 is 1.44 bits per heavy atom. The first-order valence-corrected chi connectivity index (χ1v) is 4.40. The zero-order valence-corrected chi connectivity index (χ0v) is 8.48. The molecule has 3 N–H and O–H groups in total. The third-order valence-corrected chi connectivity index (χ3v) is 2.13. The molecule has 0 saturated carbocycles. The van der Waals surface area contributed by atoms with Gasteiger partial charge in [0, 0.05) is 5.56 Å². The van der Waals surface area contributed by atoms with Crippen molar-refractivity contribution < 1.29 is 23.4 Å². The van der Waals surface area contributed by atoms with Gasteiger partial charge >= 0.3 is 5.97 Å². The summed E-state index contributed by atoms with van der Waals surface area (Å²) in [5.74, 6) is -4.96. The average Bonchev–Trinajstić information content (AvgIpc) is 2.28. The fourth-order valence-electron chi connectivity index (χ4n) is 1.15. The van der Waals surface area contributed by atoms with E-state index in [9.17, 15) is 13.6 Å². The average molecular weight is 231 g/mol. The van der Waals surface area contributed by atoms with Gasteiger partial charge in [0.1, 0.15) is 5.75 Å². The van der Waals surface area contributed by atoms with Crippen LogP contribution in [0.4, 0.5) is 8.78 Å². The van der Waals surface area contributed by atoms with Crippen molar-refractivity contribution >= 4 is 5.97 Å². The predicted octanol–water partition coefficient (Wildman–Crippen LogP) is 1.20. The summed E-state index contributed by atoms with van der Waals surface area (Å²) in [6.07, 6.45) is 0. The Morgan fingerprint density at radius 3 is 2.31 bits per heavy atom. The van der Waals surface area contributed by atoms with Crippen LogP contribution in [0.25, 0.3) is 0 Å². The summed E-state index contributed by atoms with van der Waals surface area (Å²) in [5, 5.41) is 8.45. The Morgan fingerprint density at radius 2 is 1.94 bits per heavy atom. The fourth-order valence-corrected chi connectivity index (χ4v) is 1.15. The number of carboxylic acid groups (broad SMARTS) is 1. The molecule has 0 aliphatic rings. The molecule has 1 atom stereocenters. The van der Waals surface area contributed by atoms with Crippen molar-refractivity contribution in [2.45, 2.75) is 12.0 Å². The zero-order chi connectivity index (χ0) is 12.3. The highest BCUT2D eigenvalue weighted by Gasteiger charge is 2.43. The summed E-state index contributed by atoms with van der Waals surface area (Å²) < 4.78 is 31.8. The van der Waals surface area contributed by atoms with Crippen molar-refractivity contribution in [1.29, 1.82) is 0 Å². The van der Waals surface area contributed by atoms with Crippen molar-refractivity contribution in [1.82, 2.24) is 0 Å². The molecule has 0 aliphatic carbocycles. The number of aliphatic carboxylic acids is 1. The van der Waals surface area contributed by atoms with E-state index in [1.807, 2.05) is 0 Å². The first kappa shape index (κ1) is 12.4. The van der Waals surface area contributed by atoms with Gasteiger partial charge in [-0.05, 0) is 24.3 Å². The van der Waals surface area contributed by atoms with Crippen LogP contribution in [0.2, 0.25) is 0 Å². The molecule has 0 aliphatic heterocycles. The standard InChI is InChI=1S/C10H11F2NO3/c1-16-7-4-2-6(3-5-7)10(11,12)8(13)9(14)15/h2-5,8H,13H2,1H3,(H,14,15). The second kappa shape index (κ2) is 4.44. The lowest BCUT2D eigenvalue weighted by molar-refractivity contribution is -0.149. The molecule has 4 nitrogen and oxygen atoms in total. The molecule has 0 radical (unpaired) electrons. The van der Waals surface area contributed by atoms with E-state index >= 15 is 0 Å². The van der Waals surface area contributed by atoms with E-state index in [-0.39, 0.29) is 0 Å². The third-order valence-electron chi connectivity index (χ3n) is 2.13. The van der Waals surface area contributed by atoms with Crippen LogP contribution in [0, 0.1) is 0 Å². The number of carboxylic acids is 1. The molecule has 0 heterocycles. The van der Waals surface area contributed by atoms with Crippen LogP contribution in [-0.4, -0.2) is 24.2 Å². The van der Waals surface area contributed by atoms with Crippen molar-refractivity contribution in [3.05, 3.63) is 29.8 Å². The van der Waals surface area contributed by atoms with Gasteiger partial charge in [0.05, 0.1) is 7.11 Å². The van der Waals surface area contributed by atoms with Gasteiger partial charge in [-0.15, -0.1) is 0 Å². The Kier molecular flexibility index (Phi) is 3.44. The molecule has 1 aromatic carbocycles. The third kappa shape index (κ3) is 2.27. The Labute approximate surface area is 90.6 Å². The summed E-state index contributed by atoms with van der Waals surface area (Å²) >= 11 is 0. The number of ether oxygens (including phenoxy) is 1. The summed E-state index contributed by atoms with van der Waals surface area (Å²) in [6, 6.07) is 2.54. The number of carbonyl (C=O) groups is 1. The van der Waals surface area contributed by atoms with Crippen LogP contribution in [-0.2, 0) is 10.7 Å². The molecule has 0 saturated heterocycles. The first-order chi connectivity index (χ1) is 7.39. The Balaban J connectivity index is 3.02. The minimum Gasteiger partial charge on any atom is -0.497 e. The summed E-state index contributed by atoms with van der Waals surface area (Å²) in [4.78, 5) is 10.4.